The van der Waals surface area contributed by atoms with E-state index in [2.05, 4.69) is 29.3 Å². The zero-order valence-corrected chi connectivity index (χ0v) is 13.4. The van der Waals surface area contributed by atoms with Crippen LogP contribution >= 0.6 is 0 Å². The number of hydrogen-bond donors (Lipinski definition) is 1. The predicted octanol–water partition coefficient (Wildman–Crippen LogP) is 1.43. The van der Waals surface area contributed by atoms with Crippen molar-refractivity contribution in [3.63, 3.8) is 0 Å². The summed E-state index contributed by atoms with van der Waals surface area (Å²) < 4.78 is 0. The molecule has 0 aromatic heterocycles. The van der Waals surface area contributed by atoms with Gasteiger partial charge < -0.3 is 15.1 Å². The number of hydrogen-bond acceptors (Lipinski definition) is 3. The highest BCUT2D eigenvalue weighted by Gasteiger charge is 2.32. The molecule has 0 spiro atoms. The molecule has 4 heteroatoms. The summed E-state index contributed by atoms with van der Waals surface area (Å²) in [5.74, 6) is 0.837. The molecule has 21 heavy (non-hydrogen) atoms. The third kappa shape index (κ3) is 4.55. The van der Waals surface area contributed by atoms with E-state index in [1.54, 1.807) is 0 Å². The second-order valence-electron chi connectivity index (χ2n) is 6.29. The lowest BCUT2D eigenvalue weighted by molar-refractivity contribution is -0.136. The van der Waals surface area contributed by atoms with Crippen LogP contribution in [0, 0.1) is 11.8 Å². The molecule has 0 radical (unpaired) electrons. The molecule has 0 bridgehead atoms. The first kappa shape index (κ1) is 16.0. The van der Waals surface area contributed by atoms with Gasteiger partial charge in [0, 0.05) is 26.2 Å². The van der Waals surface area contributed by atoms with Crippen LogP contribution in [0.4, 0.5) is 0 Å². The molecule has 1 fully saturated rings. The number of rotatable bonds is 6. The highest BCUT2D eigenvalue weighted by molar-refractivity contribution is 5.79. The summed E-state index contributed by atoms with van der Waals surface area (Å²) in [7, 11) is 4.09. The van der Waals surface area contributed by atoms with Crippen molar-refractivity contribution in [2.24, 2.45) is 11.8 Å². The van der Waals surface area contributed by atoms with Crippen LogP contribution in [-0.4, -0.2) is 56.0 Å². The average Bonchev–Trinajstić information content (AvgIpc) is 2.90. The molecule has 4 nitrogen and oxygen atoms in total. The Morgan fingerprint density at radius 1 is 1.19 bits per heavy atom. The monoisotopic (exact) mass is 289 g/mol. The van der Waals surface area contributed by atoms with Gasteiger partial charge in [0.25, 0.3) is 0 Å². The van der Waals surface area contributed by atoms with E-state index in [9.17, 15) is 4.79 Å². The number of carbonyl (C=O) groups is 1. The summed E-state index contributed by atoms with van der Waals surface area (Å²) >= 11 is 0. The fourth-order valence-electron chi connectivity index (χ4n) is 2.77. The molecule has 1 heterocycles. The van der Waals surface area contributed by atoms with Gasteiger partial charge in [-0.05, 0) is 32.1 Å². The summed E-state index contributed by atoms with van der Waals surface area (Å²) in [6.07, 6.45) is 0. The molecular formula is C17H27N3O. The number of likely N-dealkylation sites (N-methyl/N-ethyl adjacent to an activating group) is 1. The van der Waals surface area contributed by atoms with Gasteiger partial charge >= 0.3 is 0 Å². The SMILES string of the molecule is CC1CNCC1C(=O)N(CCN(C)C)Cc1ccccc1. The smallest absolute Gasteiger partial charge is 0.227 e. The van der Waals surface area contributed by atoms with Crippen molar-refractivity contribution in [1.29, 1.82) is 0 Å². The van der Waals surface area contributed by atoms with Gasteiger partial charge in [-0.1, -0.05) is 37.3 Å². The first-order valence-corrected chi connectivity index (χ1v) is 7.76. The fraction of sp³-hybridized carbons (Fsp3) is 0.588. The number of nitrogens with zero attached hydrogens (tertiary/aromatic N) is 2. The van der Waals surface area contributed by atoms with Crippen LogP contribution in [0.2, 0.25) is 0 Å². The third-order valence-electron chi connectivity index (χ3n) is 4.18. The van der Waals surface area contributed by atoms with Crippen molar-refractivity contribution < 1.29 is 4.79 Å². The van der Waals surface area contributed by atoms with Crippen LogP contribution in [0.3, 0.4) is 0 Å². The molecule has 1 amide bonds. The quantitative estimate of drug-likeness (QED) is 0.860. The van der Waals surface area contributed by atoms with Gasteiger partial charge in [0.15, 0.2) is 0 Å². The Morgan fingerprint density at radius 2 is 1.90 bits per heavy atom. The zero-order chi connectivity index (χ0) is 15.2. The third-order valence-corrected chi connectivity index (χ3v) is 4.18. The van der Waals surface area contributed by atoms with Crippen LogP contribution in [-0.2, 0) is 11.3 Å². The molecule has 1 aliphatic heterocycles. The molecular weight excluding hydrogens is 262 g/mol. The molecule has 1 aromatic rings. The van der Waals surface area contributed by atoms with Crippen LogP contribution < -0.4 is 5.32 Å². The lowest BCUT2D eigenvalue weighted by Crippen LogP contribution is -2.41. The van der Waals surface area contributed by atoms with Crippen molar-refractivity contribution in [1.82, 2.24) is 15.1 Å². The summed E-state index contributed by atoms with van der Waals surface area (Å²) in [5, 5.41) is 3.33. The van der Waals surface area contributed by atoms with Gasteiger partial charge in [-0.3, -0.25) is 4.79 Å². The van der Waals surface area contributed by atoms with E-state index >= 15 is 0 Å². The topological polar surface area (TPSA) is 35.6 Å². The van der Waals surface area contributed by atoms with Gasteiger partial charge in [-0.25, -0.2) is 0 Å². The second-order valence-corrected chi connectivity index (χ2v) is 6.29. The van der Waals surface area contributed by atoms with E-state index in [0.717, 1.165) is 26.2 Å². The number of amides is 1. The molecule has 2 rings (SSSR count). The zero-order valence-electron chi connectivity index (χ0n) is 13.4. The molecule has 0 aliphatic carbocycles. The largest absolute Gasteiger partial charge is 0.337 e. The molecule has 2 atom stereocenters. The van der Waals surface area contributed by atoms with Crippen LogP contribution in [0.15, 0.2) is 30.3 Å². The Balaban J connectivity index is 2.05. The van der Waals surface area contributed by atoms with Gasteiger partial charge in [0.2, 0.25) is 5.91 Å². The first-order chi connectivity index (χ1) is 10.1. The molecule has 1 aromatic carbocycles. The van der Waals surface area contributed by atoms with Gasteiger partial charge in [-0.15, -0.1) is 0 Å². The van der Waals surface area contributed by atoms with Crippen LogP contribution in [0.25, 0.3) is 0 Å². The Kier molecular flexibility index (Phi) is 5.76. The average molecular weight is 289 g/mol. The molecule has 0 saturated carbocycles. The van der Waals surface area contributed by atoms with E-state index in [-0.39, 0.29) is 5.92 Å². The normalized spacial score (nSPS) is 21.7. The van der Waals surface area contributed by atoms with Gasteiger partial charge in [0.05, 0.1) is 5.92 Å². The Hall–Kier alpha value is -1.39. The summed E-state index contributed by atoms with van der Waals surface area (Å²) in [4.78, 5) is 17.0. The van der Waals surface area contributed by atoms with Crippen LogP contribution in [0.1, 0.15) is 12.5 Å². The minimum absolute atomic E-state index is 0.121. The molecule has 1 saturated heterocycles. The summed E-state index contributed by atoms with van der Waals surface area (Å²) in [6.45, 7) is 6.31. The summed E-state index contributed by atoms with van der Waals surface area (Å²) in [5.41, 5.74) is 1.20. The van der Waals surface area contributed by atoms with E-state index < -0.39 is 0 Å². The maximum Gasteiger partial charge on any atom is 0.227 e. The number of carbonyl (C=O) groups excluding carboxylic acids is 1. The first-order valence-electron chi connectivity index (χ1n) is 7.76. The minimum atomic E-state index is 0.121. The Morgan fingerprint density at radius 3 is 2.48 bits per heavy atom. The minimum Gasteiger partial charge on any atom is -0.337 e. The van der Waals surface area contributed by atoms with Gasteiger partial charge in [-0.2, -0.15) is 0 Å². The lowest BCUT2D eigenvalue weighted by atomic mass is 9.96. The standard InChI is InChI=1S/C17H27N3O/c1-14-11-18-12-16(14)17(21)20(10-9-19(2)3)13-15-7-5-4-6-8-15/h4-8,14,16,18H,9-13H2,1-3H3. The van der Waals surface area contributed by atoms with Crippen molar-refractivity contribution >= 4 is 5.91 Å². The molecule has 116 valence electrons. The van der Waals surface area contributed by atoms with Crippen molar-refractivity contribution in [2.75, 3.05) is 40.3 Å². The van der Waals surface area contributed by atoms with Gasteiger partial charge in [0.1, 0.15) is 0 Å². The molecule has 1 N–H and O–H groups in total. The van der Waals surface area contributed by atoms with E-state index in [1.807, 2.05) is 37.2 Å². The maximum atomic E-state index is 12.8. The molecule has 2 unspecified atom stereocenters. The second kappa shape index (κ2) is 7.57. The predicted molar refractivity (Wildman–Crippen MR) is 85.9 cm³/mol. The Labute approximate surface area is 128 Å². The van der Waals surface area contributed by atoms with Crippen LogP contribution in [0.5, 0.6) is 0 Å². The maximum absolute atomic E-state index is 12.8. The fourth-order valence-corrected chi connectivity index (χ4v) is 2.77. The molecule has 1 aliphatic rings. The number of nitrogens with one attached hydrogen (secondary N) is 1. The highest BCUT2D eigenvalue weighted by atomic mass is 16.2. The van der Waals surface area contributed by atoms with E-state index in [4.69, 9.17) is 0 Å². The van der Waals surface area contributed by atoms with Crippen molar-refractivity contribution in [3.05, 3.63) is 35.9 Å². The lowest BCUT2D eigenvalue weighted by Gasteiger charge is -2.28. The Bertz CT molecular complexity index is 447. The summed E-state index contributed by atoms with van der Waals surface area (Å²) in [6, 6.07) is 10.3. The van der Waals surface area contributed by atoms with Crippen molar-refractivity contribution in [3.8, 4) is 0 Å². The van der Waals surface area contributed by atoms with E-state index in [1.165, 1.54) is 5.56 Å². The van der Waals surface area contributed by atoms with Crippen molar-refractivity contribution in [2.45, 2.75) is 13.5 Å². The highest BCUT2D eigenvalue weighted by Crippen LogP contribution is 2.20. The number of benzene rings is 1. The van der Waals surface area contributed by atoms with E-state index in [0.29, 0.717) is 18.4 Å².